The van der Waals surface area contributed by atoms with Gasteiger partial charge < -0.3 is 10.1 Å². The summed E-state index contributed by atoms with van der Waals surface area (Å²) in [6.45, 7) is 2.40. The summed E-state index contributed by atoms with van der Waals surface area (Å²) >= 11 is 0. The predicted molar refractivity (Wildman–Crippen MR) is 114 cm³/mol. The number of benzene rings is 2. The molecule has 0 radical (unpaired) electrons. The number of anilines is 1. The lowest BCUT2D eigenvalue weighted by Gasteiger charge is -2.08. The molecule has 7 heteroatoms. The topological polar surface area (TPSA) is 90.3 Å². The van der Waals surface area contributed by atoms with Gasteiger partial charge in [-0.1, -0.05) is 30.3 Å². The van der Waals surface area contributed by atoms with E-state index in [-0.39, 0.29) is 17.9 Å². The summed E-state index contributed by atoms with van der Waals surface area (Å²) in [6.07, 6.45) is 0.710. The van der Waals surface area contributed by atoms with Crippen molar-refractivity contribution in [3.05, 3.63) is 82.6 Å². The molecule has 0 bridgehead atoms. The van der Waals surface area contributed by atoms with Crippen molar-refractivity contribution in [1.82, 2.24) is 9.78 Å². The van der Waals surface area contributed by atoms with Crippen LogP contribution in [-0.4, -0.2) is 28.3 Å². The van der Waals surface area contributed by atoms with Crippen molar-refractivity contribution in [2.24, 2.45) is 0 Å². The number of rotatable bonds is 8. The van der Waals surface area contributed by atoms with Gasteiger partial charge in [-0.15, -0.1) is 0 Å². The highest BCUT2D eigenvalue weighted by atomic mass is 16.5. The Labute approximate surface area is 174 Å². The highest BCUT2D eigenvalue weighted by molar-refractivity contribution is 5.93. The van der Waals surface area contributed by atoms with Crippen LogP contribution in [0.1, 0.15) is 30.1 Å². The number of hydrogen-bond acceptors (Lipinski definition) is 5. The molecule has 0 saturated heterocycles. The summed E-state index contributed by atoms with van der Waals surface area (Å²) in [5.74, 6) is -0.572. The number of ether oxygens (including phenoxy) is 1. The first-order chi connectivity index (χ1) is 14.6. The quantitative estimate of drug-likeness (QED) is 0.579. The number of hydrogen-bond donors (Lipinski definition) is 1. The van der Waals surface area contributed by atoms with Crippen LogP contribution in [0.2, 0.25) is 0 Å². The molecule has 1 amide bonds. The number of carbonyl (C=O) groups excluding carboxylic acids is 2. The van der Waals surface area contributed by atoms with Crippen molar-refractivity contribution in [3.8, 4) is 11.3 Å². The van der Waals surface area contributed by atoms with Crippen LogP contribution in [0.15, 0.2) is 71.5 Å². The molecule has 0 aliphatic heterocycles. The molecule has 1 N–H and O–H groups in total. The van der Waals surface area contributed by atoms with E-state index in [0.717, 1.165) is 5.56 Å². The normalized spacial score (nSPS) is 10.4. The Bertz CT molecular complexity index is 1060. The van der Waals surface area contributed by atoms with Gasteiger partial charge in [0.05, 0.1) is 17.9 Å². The standard InChI is InChI=1S/C23H23N3O4/c1-2-30-23(29)18-10-12-19(13-11-18)24-21(27)9-6-16-26-22(28)15-14-20(25-26)17-7-4-3-5-8-17/h3-5,7-8,10-15H,2,6,9,16H2,1H3,(H,24,27). The summed E-state index contributed by atoms with van der Waals surface area (Å²) in [5, 5.41) is 7.17. The Morgan fingerprint density at radius 1 is 1.00 bits per heavy atom. The van der Waals surface area contributed by atoms with Gasteiger partial charge in [0, 0.05) is 30.3 Å². The molecule has 0 aliphatic carbocycles. The predicted octanol–water partition coefficient (Wildman–Crippen LogP) is 3.51. The molecule has 1 heterocycles. The number of amides is 1. The number of carbonyl (C=O) groups is 2. The summed E-state index contributed by atoms with van der Waals surface area (Å²) in [4.78, 5) is 35.9. The maximum Gasteiger partial charge on any atom is 0.338 e. The fourth-order valence-electron chi connectivity index (χ4n) is 2.89. The van der Waals surface area contributed by atoms with Crippen molar-refractivity contribution < 1.29 is 14.3 Å². The molecule has 2 aromatic carbocycles. The molecule has 0 unspecified atom stereocenters. The summed E-state index contributed by atoms with van der Waals surface area (Å²) in [6, 6.07) is 19.3. The van der Waals surface area contributed by atoms with Crippen molar-refractivity contribution >= 4 is 17.6 Å². The first-order valence-corrected chi connectivity index (χ1v) is 9.77. The van der Waals surface area contributed by atoms with Gasteiger partial charge >= 0.3 is 5.97 Å². The Hall–Kier alpha value is -3.74. The minimum Gasteiger partial charge on any atom is -0.462 e. The molecule has 30 heavy (non-hydrogen) atoms. The van der Waals surface area contributed by atoms with Crippen LogP contribution in [0.4, 0.5) is 5.69 Å². The van der Waals surface area contributed by atoms with E-state index in [4.69, 9.17) is 4.74 Å². The highest BCUT2D eigenvalue weighted by Crippen LogP contribution is 2.14. The second kappa shape index (κ2) is 10.2. The molecule has 1 aromatic heterocycles. The Balaban J connectivity index is 1.53. The first-order valence-electron chi connectivity index (χ1n) is 9.77. The minimum absolute atomic E-state index is 0.175. The summed E-state index contributed by atoms with van der Waals surface area (Å²) in [5.41, 5.74) is 2.45. The lowest BCUT2D eigenvalue weighted by Crippen LogP contribution is -2.23. The van der Waals surface area contributed by atoms with Gasteiger partial charge in [-0.2, -0.15) is 5.10 Å². The van der Waals surface area contributed by atoms with E-state index >= 15 is 0 Å². The van der Waals surface area contributed by atoms with Crippen LogP contribution in [-0.2, 0) is 16.1 Å². The van der Waals surface area contributed by atoms with Gasteiger partial charge in [0.1, 0.15) is 0 Å². The molecule has 0 spiro atoms. The zero-order chi connectivity index (χ0) is 21.3. The maximum atomic E-state index is 12.2. The van der Waals surface area contributed by atoms with E-state index in [2.05, 4.69) is 10.4 Å². The second-order valence-corrected chi connectivity index (χ2v) is 6.60. The smallest absolute Gasteiger partial charge is 0.338 e. The van der Waals surface area contributed by atoms with E-state index in [1.165, 1.54) is 10.7 Å². The van der Waals surface area contributed by atoms with Gasteiger partial charge in [-0.25, -0.2) is 9.48 Å². The second-order valence-electron chi connectivity index (χ2n) is 6.60. The minimum atomic E-state index is -0.397. The number of aryl methyl sites for hydroxylation is 1. The van der Waals surface area contributed by atoms with Crippen molar-refractivity contribution in [2.75, 3.05) is 11.9 Å². The van der Waals surface area contributed by atoms with Crippen molar-refractivity contribution in [1.29, 1.82) is 0 Å². The molecular weight excluding hydrogens is 382 g/mol. The summed E-state index contributed by atoms with van der Waals surface area (Å²) < 4.78 is 6.31. The average molecular weight is 405 g/mol. The fraction of sp³-hybridized carbons (Fsp3) is 0.217. The van der Waals surface area contributed by atoms with Crippen molar-refractivity contribution in [2.45, 2.75) is 26.3 Å². The molecule has 0 saturated carbocycles. The molecule has 0 aliphatic rings. The summed E-state index contributed by atoms with van der Waals surface area (Å²) in [7, 11) is 0. The monoisotopic (exact) mass is 405 g/mol. The lowest BCUT2D eigenvalue weighted by molar-refractivity contribution is -0.116. The van der Waals surface area contributed by atoms with E-state index in [0.29, 0.717) is 36.5 Å². The Morgan fingerprint density at radius 3 is 2.43 bits per heavy atom. The van der Waals surface area contributed by atoms with Crippen LogP contribution in [0.25, 0.3) is 11.3 Å². The van der Waals surface area contributed by atoms with E-state index < -0.39 is 5.97 Å². The largest absolute Gasteiger partial charge is 0.462 e. The number of esters is 1. The number of nitrogens with zero attached hydrogens (tertiary/aromatic N) is 2. The Morgan fingerprint density at radius 2 is 1.73 bits per heavy atom. The van der Waals surface area contributed by atoms with Gasteiger partial charge in [-0.05, 0) is 43.7 Å². The maximum absolute atomic E-state index is 12.2. The zero-order valence-electron chi connectivity index (χ0n) is 16.7. The van der Waals surface area contributed by atoms with E-state index in [9.17, 15) is 14.4 Å². The van der Waals surface area contributed by atoms with Gasteiger partial charge in [0.25, 0.3) is 5.56 Å². The third-order valence-corrected chi connectivity index (χ3v) is 4.39. The molecular formula is C23H23N3O4. The van der Waals surface area contributed by atoms with E-state index in [1.54, 1.807) is 37.3 Å². The third-order valence-electron chi connectivity index (χ3n) is 4.39. The molecule has 3 aromatic rings. The highest BCUT2D eigenvalue weighted by Gasteiger charge is 2.08. The fourth-order valence-corrected chi connectivity index (χ4v) is 2.89. The number of aromatic nitrogens is 2. The average Bonchev–Trinajstić information content (AvgIpc) is 2.76. The van der Waals surface area contributed by atoms with Gasteiger partial charge in [0.2, 0.25) is 5.91 Å². The van der Waals surface area contributed by atoms with E-state index in [1.807, 2.05) is 30.3 Å². The third kappa shape index (κ3) is 5.64. The van der Waals surface area contributed by atoms with Gasteiger partial charge in [0.15, 0.2) is 0 Å². The van der Waals surface area contributed by atoms with Crippen LogP contribution < -0.4 is 10.9 Å². The first kappa shape index (κ1) is 21.0. The molecule has 7 nitrogen and oxygen atoms in total. The van der Waals surface area contributed by atoms with Gasteiger partial charge in [-0.3, -0.25) is 9.59 Å². The van der Waals surface area contributed by atoms with Crippen molar-refractivity contribution in [3.63, 3.8) is 0 Å². The Kier molecular flexibility index (Phi) is 7.10. The van der Waals surface area contributed by atoms with Crippen LogP contribution in [0.3, 0.4) is 0 Å². The number of nitrogens with one attached hydrogen (secondary N) is 1. The van der Waals surface area contributed by atoms with Crippen LogP contribution in [0.5, 0.6) is 0 Å². The molecule has 0 atom stereocenters. The molecule has 154 valence electrons. The van der Waals surface area contributed by atoms with Crippen LogP contribution in [0, 0.1) is 0 Å². The SMILES string of the molecule is CCOC(=O)c1ccc(NC(=O)CCCn2nc(-c3ccccc3)ccc2=O)cc1. The lowest BCUT2D eigenvalue weighted by atomic mass is 10.1. The molecule has 3 rings (SSSR count). The van der Waals surface area contributed by atoms with Crippen LogP contribution >= 0.6 is 0 Å². The molecule has 0 fully saturated rings. The zero-order valence-corrected chi connectivity index (χ0v) is 16.7.